The van der Waals surface area contributed by atoms with Gasteiger partial charge >= 0.3 is 0 Å². The van der Waals surface area contributed by atoms with Gasteiger partial charge < -0.3 is 4.90 Å². The van der Waals surface area contributed by atoms with Gasteiger partial charge in [-0.3, -0.25) is 4.79 Å². The first kappa shape index (κ1) is 14.6. The van der Waals surface area contributed by atoms with Gasteiger partial charge in [0, 0.05) is 18.2 Å². The van der Waals surface area contributed by atoms with E-state index < -0.39 is 11.6 Å². The van der Waals surface area contributed by atoms with Crippen molar-refractivity contribution < 1.29 is 13.6 Å². The highest BCUT2D eigenvalue weighted by molar-refractivity contribution is 7.16. The minimum Gasteiger partial charge on any atom is -0.337 e. The Balaban J connectivity index is 1.85. The second-order valence-electron chi connectivity index (χ2n) is 4.90. The first-order chi connectivity index (χ1) is 10.6. The van der Waals surface area contributed by atoms with Crippen LogP contribution in [0.25, 0.3) is 10.2 Å². The average Bonchev–Trinajstić information content (AvgIpc) is 2.97. The van der Waals surface area contributed by atoms with Gasteiger partial charge in [-0.1, -0.05) is 6.07 Å². The maximum atomic E-state index is 13.7. The van der Waals surface area contributed by atoms with Crippen LogP contribution in [-0.2, 0) is 6.54 Å². The molecule has 0 spiro atoms. The predicted octanol–water partition coefficient (Wildman–Crippen LogP) is 3.85. The number of amides is 1. The largest absolute Gasteiger partial charge is 0.337 e. The summed E-state index contributed by atoms with van der Waals surface area (Å²) in [5.74, 6) is -1.60. The molecular weight excluding hydrogens is 306 g/mol. The van der Waals surface area contributed by atoms with E-state index in [-0.39, 0.29) is 18.0 Å². The molecule has 1 amide bonds. The number of carbonyl (C=O) groups is 1. The Kier molecular flexibility index (Phi) is 3.85. The van der Waals surface area contributed by atoms with E-state index in [1.54, 1.807) is 23.7 Å². The van der Waals surface area contributed by atoms with Crippen molar-refractivity contribution >= 4 is 27.5 Å². The van der Waals surface area contributed by atoms with Gasteiger partial charge in [-0.15, -0.1) is 11.3 Å². The lowest BCUT2D eigenvalue weighted by molar-refractivity contribution is 0.0782. The first-order valence-electron chi connectivity index (χ1n) is 6.58. The number of carbonyl (C=O) groups excluding carboxylic acids is 1. The van der Waals surface area contributed by atoms with E-state index in [9.17, 15) is 13.6 Å². The van der Waals surface area contributed by atoms with E-state index in [0.29, 0.717) is 5.56 Å². The van der Waals surface area contributed by atoms with Crippen LogP contribution in [0.2, 0.25) is 0 Å². The molecule has 3 rings (SSSR count). The summed E-state index contributed by atoms with van der Waals surface area (Å²) in [6.45, 7) is -0.127. The summed E-state index contributed by atoms with van der Waals surface area (Å²) in [5.41, 5.74) is 2.88. The Morgan fingerprint density at radius 2 is 1.95 bits per heavy atom. The van der Waals surface area contributed by atoms with Gasteiger partial charge in [0.05, 0.1) is 22.3 Å². The van der Waals surface area contributed by atoms with Gasteiger partial charge in [0.25, 0.3) is 5.91 Å². The average molecular weight is 318 g/mol. The van der Waals surface area contributed by atoms with Crippen molar-refractivity contribution in [3.8, 4) is 0 Å². The summed E-state index contributed by atoms with van der Waals surface area (Å²) >= 11 is 1.44. The van der Waals surface area contributed by atoms with Gasteiger partial charge in [0.15, 0.2) is 0 Å². The van der Waals surface area contributed by atoms with E-state index in [4.69, 9.17) is 0 Å². The van der Waals surface area contributed by atoms with Crippen molar-refractivity contribution in [3.05, 3.63) is 64.7 Å². The zero-order valence-electron chi connectivity index (χ0n) is 11.7. The number of halogens is 2. The summed E-state index contributed by atoms with van der Waals surface area (Å²) < 4.78 is 28.2. The van der Waals surface area contributed by atoms with Crippen molar-refractivity contribution in [3.63, 3.8) is 0 Å². The zero-order valence-corrected chi connectivity index (χ0v) is 12.5. The topological polar surface area (TPSA) is 33.2 Å². The normalized spacial score (nSPS) is 10.9. The molecule has 0 saturated heterocycles. The maximum Gasteiger partial charge on any atom is 0.253 e. The number of hydrogen-bond acceptors (Lipinski definition) is 3. The standard InChI is InChI=1S/C16H12F2N2OS/c1-20(8-11-12(17)3-2-4-13(11)18)16(21)10-5-6-14-15(7-10)22-9-19-14/h2-7,9H,8H2,1H3. The fraction of sp³-hybridized carbons (Fsp3) is 0.125. The minimum atomic E-state index is -0.655. The van der Waals surface area contributed by atoms with Gasteiger partial charge in [0.2, 0.25) is 0 Å². The monoisotopic (exact) mass is 318 g/mol. The summed E-state index contributed by atoms with van der Waals surface area (Å²) in [5, 5.41) is 0. The Labute approximate surface area is 129 Å². The lowest BCUT2D eigenvalue weighted by atomic mass is 10.1. The van der Waals surface area contributed by atoms with E-state index >= 15 is 0 Å². The molecule has 3 aromatic rings. The molecule has 0 fully saturated rings. The number of aromatic nitrogens is 1. The molecule has 0 aliphatic heterocycles. The molecule has 2 aromatic carbocycles. The van der Waals surface area contributed by atoms with E-state index in [2.05, 4.69) is 4.98 Å². The van der Waals surface area contributed by atoms with Crippen LogP contribution in [0.4, 0.5) is 8.78 Å². The third-order valence-corrected chi connectivity index (χ3v) is 4.17. The SMILES string of the molecule is CN(Cc1c(F)cccc1F)C(=O)c1ccc2ncsc2c1. The Hall–Kier alpha value is -2.34. The van der Waals surface area contributed by atoms with Crippen molar-refractivity contribution in [1.82, 2.24) is 9.88 Å². The molecule has 3 nitrogen and oxygen atoms in total. The van der Waals surface area contributed by atoms with Crippen LogP contribution in [0.1, 0.15) is 15.9 Å². The van der Waals surface area contributed by atoms with Gasteiger partial charge in [-0.05, 0) is 30.3 Å². The third-order valence-electron chi connectivity index (χ3n) is 3.38. The maximum absolute atomic E-state index is 13.7. The Bertz CT molecular complexity index is 827. The number of hydrogen-bond donors (Lipinski definition) is 0. The zero-order chi connectivity index (χ0) is 15.7. The molecule has 0 unspecified atom stereocenters. The van der Waals surface area contributed by atoms with E-state index in [1.165, 1.54) is 41.5 Å². The number of thiazole rings is 1. The summed E-state index contributed by atoms with van der Waals surface area (Å²) in [4.78, 5) is 17.8. The smallest absolute Gasteiger partial charge is 0.253 e. The van der Waals surface area contributed by atoms with Crippen LogP contribution in [0.5, 0.6) is 0 Å². The van der Waals surface area contributed by atoms with Gasteiger partial charge in [0.1, 0.15) is 11.6 Å². The summed E-state index contributed by atoms with van der Waals surface area (Å²) in [6, 6.07) is 8.83. The van der Waals surface area contributed by atoms with Crippen LogP contribution in [0.15, 0.2) is 41.9 Å². The fourth-order valence-electron chi connectivity index (χ4n) is 2.20. The van der Waals surface area contributed by atoms with Crippen LogP contribution < -0.4 is 0 Å². The van der Waals surface area contributed by atoms with Crippen molar-refractivity contribution in [1.29, 1.82) is 0 Å². The van der Waals surface area contributed by atoms with Crippen LogP contribution >= 0.6 is 11.3 Å². The molecule has 0 aliphatic rings. The van der Waals surface area contributed by atoms with Crippen LogP contribution in [-0.4, -0.2) is 22.8 Å². The Morgan fingerprint density at radius 3 is 2.68 bits per heavy atom. The van der Waals surface area contributed by atoms with Gasteiger partial charge in [-0.2, -0.15) is 0 Å². The van der Waals surface area contributed by atoms with Crippen LogP contribution in [0, 0.1) is 11.6 Å². The minimum absolute atomic E-state index is 0.114. The highest BCUT2D eigenvalue weighted by Gasteiger charge is 2.17. The lowest BCUT2D eigenvalue weighted by Gasteiger charge is -2.18. The van der Waals surface area contributed by atoms with E-state index in [0.717, 1.165) is 10.2 Å². The first-order valence-corrected chi connectivity index (χ1v) is 7.46. The van der Waals surface area contributed by atoms with Crippen molar-refractivity contribution in [2.24, 2.45) is 0 Å². The van der Waals surface area contributed by atoms with E-state index in [1.807, 2.05) is 0 Å². The Morgan fingerprint density at radius 1 is 1.23 bits per heavy atom. The number of nitrogens with zero attached hydrogens (tertiary/aromatic N) is 2. The third kappa shape index (κ3) is 2.69. The lowest BCUT2D eigenvalue weighted by Crippen LogP contribution is -2.27. The second kappa shape index (κ2) is 5.81. The molecular formula is C16H12F2N2OS. The van der Waals surface area contributed by atoms with Crippen molar-refractivity contribution in [2.45, 2.75) is 6.54 Å². The predicted molar refractivity (Wildman–Crippen MR) is 81.8 cm³/mol. The second-order valence-corrected chi connectivity index (χ2v) is 5.78. The molecule has 112 valence electrons. The molecule has 22 heavy (non-hydrogen) atoms. The molecule has 0 N–H and O–H groups in total. The quantitative estimate of drug-likeness (QED) is 0.735. The molecule has 0 aliphatic carbocycles. The molecule has 1 heterocycles. The number of fused-ring (bicyclic) bond motifs is 1. The fourth-order valence-corrected chi connectivity index (χ4v) is 2.92. The summed E-state index contributed by atoms with van der Waals surface area (Å²) in [7, 11) is 1.52. The molecule has 6 heteroatoms. The van der Waals surface area contributed by atoms with Crippen molar-refractivity contribution in [2.75, 3.05) is 7.05 Å². The molecule has 0 bridgehead atoms. The molecule has 0 radical (unpaired) electrons. The molecule has 0 atom stereocenters. The molecule has 0 saturated carbocycles. The summed E-state index contributed by atoms with van der Waals surface area (Å²) in [6.07, 6.45) is 0. The number of rotatable bonds is 3. The number of benzene rings is 2. The highest BCUT2D eigenvalue weighted by atomic mass is 32.1. The highest BCUT2D eigenvalue weighted by Crippen LogP contribution is 2.21. The van der Waals surface area contributed by atoms with Crippen LogP contribution in [0.3, 0.4) is 0 Å². The molecule has 1 aromatic heterocycles. The van der Waals surface area contributed by atoms with Gasteiger partial charge in [-0.25, -0.2) is 13.8 Å².